The van der Waals surface area contributed by atoms with Crippen LogP contribution >= 0.6 is 0 Å². The number of nitrogens with two attached hydrogens (primary N) is 1. The molecule has 4 aliphatic rings. The number of aromatic nitrogens is 5. The molecule has 5 aromatic rings. The third-order valence-electron chi connectivity index (χ3n) is 10.8. The van der Waals surface area contributed by atoms with Crippen molar-refractivity contribution in [3.8, 4) is 17.3 Å². The van der Waals surface area contributed by atoms with Crippen molar-refractivity contribution in [3.63, 3.8) is 0 Å². The van der Waals surface area contributed by atoms with E-state index < -0.39 is 0 Å². The quantitative estimate of drug-likeness (QED) is 0.224. The monoisotopic (exact) mass is 648 g/mol. The smallest absolute Gasteiger partial charge is 0.289 e. The molecule has 12 heteroatoms. The summed E-state index contributed by atoms with van der Waals surface area (Å²) in [4.78, 5) is 43.3. The third-order valence-corrected chi connectivity index (χ3v) is 10.8. The molecule has 0 spiro atoms. The maximum Gasteiger partial charge on any atom is 0.289 e. The molecule has 2 aliphatic heterocycles. The highest BCUT2D eigenvalue weighted by Crippen LogP contribution is 2.41. The average Bonchev–Trinajstić information content (AvgIpc) is 3.89. The largest absolute Gasteiger partial charge is 0.482 e. The molecule has 2 amide bonds. The normalized spacial score (nSPS) is 22.6. The number of pyridine rings is 2. The van der Waals surface area contributed by atoms with E-state index in [2.05, 4.69) is 27.0 Å². The van der Waals surface area contributed by atoms with Gasteiger partial charge in [-0.25, -0.2) is 15.0 Å². The number of hydrogen-bond acceptors (Lipinski definition) is 8. The summed E-state index contributed by atoms with van der Waals surface area (Å²) < 4.78 is 15.8. The first-order valence-corrected chi connectivity index (χ1v) is 17.2. The molecule has 4 fully saturated rings. The number of hydrogen-bond donors (Lipinski definition) is 2. The number of amides is 2. The minimum absolute atomic E-state index is 0.00842. The molecule has 48 heavy (non-hydrogen) atoms. The Hall–Kier alpha value is -4.71. The first kappa shape index (κ1) is 29.4. The molecular weight excluding hydrogens is 608 g/mol. The lowest BCUT2D eigenvalue weighted by Crippen LogP contribution is -2.40. The molecule has 4 atom stereocenters. The van der Waals surface area contributed by atoms with Crippen molar-refractivity contribution in [1.82, 2.24) is 34.1 Å². The number of imidazole rings is 1. The predicted octanol–water partition coefficient (Wildman–Crippen LogP) is 5.14. The van der Waals surface area contributed by atoms with Gasteiger partial charge in [-0.2, -0.15) is 0 Å². The molecule has 0 unspecified atom stereocenters. The first-order chi connectivity index (χ1) is 23.3. The van der Waals surface area contributed by atoms with Crippen LogP contribution in [0.15, 0.2) is 40.9 Å². The highest BCUT2D eigenvalue weighted by atomic mass is 16.5. The van der Waals surface area contributed by atoms with Gasteiger partial charge >= 0.3 is 0 Å². The van der Waals surface area contributed by atoms with Gasteiger partial charge in [0.15, 0.2) is 11.8 Å². The summed E-state index contributed by atoms with van der Waals surface area (Å²) in [5.74, 6) is 2.04. The van der Waals surface area contributed by atoms with E-state index in [0.717, 1.165) is 72.5 Å². The lowest BCUT2D eigenvalue weighted by atomic mass is 9.97. The van der Waals surface area contributed by atoms with Crippen molar-refractivity contribution in [2.24, 2.45) is 11.7 Å². The average molecular weight is 649 g/mol. The van der Waals surface area contributed by atoms with E-state index >= 15 is 0 Å². The van der Waals surface area contributed by atoms with Gasteiger partial charge in [-0.05, 0) is 89.0 Å². The summed E-state index contributed by atoms with van der Waals surface area (Å²) in [7, 11) is 1.63. The molecule has 2 saturated heterocycles. The number of ether oxygens (including phenoxy) is 1. The van der Waals surface area contributed by atoms with Crippen molar-refractivity contribution < 1.29 is 18.7 Å². The minimum atomic E-state index is -0.346. The van der Waals surface area contributed by atoms with Crippen molar-refractivity contribution in [1.29, 1.82) is 0 Å². The lowest BCUT2D eigenvalue weighted by Gasteiger charge is -2.23. The Labute approximate surface area is 277 Å². The number of carbonyl (C=O) groups excluding carboxylic acids is 2. The number of aryl methyl sites for hydroxylation is 1. The predicted molar refractivity (Wildman–Crippen MR) is 178 cm³/mol. The van der Waals surface area contributed by atoms with Crippen LogP contribution in [-0.2, 0) is 6.54 Å². The van der Waals surface area contributed by atoms with Crippen LogP contribution in [-0.4, -0.2) is 65.9 Å². The van der Waals surface area contributed by atoms with E-state index in [1.54, 1.807) is 7.11 Å². The molecule has 2 saturated carbocycles. The van der Waals surface area contributed by atoms with Crippen LogP contribution in [0.4, 0.5) is 0 Å². The second-order valence-corrected chi connectivity index (χ2v) is 14.2. The Kier molecular flexibility index (Phi) is 6.69. The Morgan fingerprint density at radius 3 is 2.65 bits per heavy atom. The fraction of sp³-hybridized carbons (Fsp3) is 0.472. The molecule has 2 bridgehead atoms. The van der Waals surface area contributed by atoms with Gasteiger partial charge in [0.05, 0.1) is 36.4 Å². The van der Waals surface area contributed by atoms with Gasteiger partial charge in [0.1, 0.15) is 17.0 Å². The fourth-order valence-corrected chi connectivity index (χ4v) is 7.87. The zero-order valence-electron chi connectivity index (χ0n) is 27.5. The van der Waals surface area contributed by atoms with Crippen LogP contribution < -0.4 is 15.8 Å². The second-order valence-electron chi connectivity index (χ2n) is 14.2. The van der Waals surface area contributed by atoms with Gasteiger partial charge in [0, 0.05) is 47.6 Å². The van der Waals surface area contributed by atoms with Gasteiger partial charge in [-0.1, -0.05) is 0 Å². The summed E-state index contributed by atoms with van der Waals surface area (Å²) in [6, 6.07) is 9.85. The molecule has 0 aromatic carbocycles. The molecule has 7 heterocycles. The maximum atomic E-state index is 13.8. The van der Waals surface area contributed by atoms with E-state index in [9.17, 15) is 9.59 Å². The molecular formula is C36H40N8O4. The summed E-state index contributed by atoms with van der Waals surface area (Å²) in [6.45, 7) is 4.79. The molecule has 2 aliphatic carbocycles. The Balaban J connectivity index is 1.07. The van der Waals surface area contributed by atoms with Crippen molar-refractivity contribution in [2.75, 3.05) is 7.11 Å². The van der Waals surface area contributed by atoms with Crippen LogP contribution in [0.1, 0.15) is 102 Å². The summed E-state index contributed by atoms with van der Waals surface area (Å²) >= 11 is 0. The van der Waals surface area contributed by atoms with Crippen LogP contribution in [0.2, 0.25) is 0 Å². The summed E-state index contributed by atoms with van der Waals surface area (Å²) in [5.41, 5.74) is 11.9. The molecule has 12 nitrogen and oxygen atoms in total. The van der Waals surface area contributed by atoms with Crippen LogP contribution in [0.25, 0.3) is 28.1 Å². The van der Waals surface area contributed by atoms with E-state index in [-0.39, 0.29) is 41.7 Å². The number of methoxy groups -OCH3 is 1. The van der Waals surface area contributed by atoms with Gasteiger partial charge < -0.3 is 29.7 Å². The first-order valence-electron chi connectivity index (χ1n) is 17.2. The Bertz CT molecular complexity index is 2100. The molecule has 0 radical (unpaired) electrons. The number of fused-ring (bicyclic) bond motifs is 4. The lowest BCUT2D eigenvalue weighted by molar-refractivity contribution is 0.0725. The molecule has 3 N–H and O–H groups in total. The van der Waals surface area contributed by atoms with E-state index in [4.69, 9.17) is 24.9 Å². The molecule has 9 rings (SSSR count). The number of oxazole rings is 1. The summed E-state index contributed by atoms with van der Waals surface area (Å²) in [5, 5.41) is 4.03. The van der Waals surface area contributed by atoms with Crippen LogP contribution in [0.5, 0.6) is 5.88 Å². The van der Waals surface area contributed by atoms with E-state index in [1.165, 1.54) is 19.0 Å². The van der Waals surface area contributed by atoms with E-state index in [0.29, 0.717) is 34.8 Å². The number of nitrogens with zero attached hydrogens (tertiary/aromatic N) is 6. The highest BCUT2D eigenvalue weighted by Gasteiger charge is 2.47. The summed E-state index contributed by atoms with van der Waals surface area (Å²) in [6.07, 6.45) is 8.80. The van der Waals surface area contributed by atoms with Gasteiger partial charge in [0.2, 0.25) is 5.76 Å². The zero-order valence-corrected chi connectivity index (χ0v) is 27.5. The second kappa shape index (κ2) is 10.9. The molecule has 5 aromatic heterocycles. The van der Waals surface area contributed by atoms with E-state index in [1.807, 2.05) is 41.3 Å². The third kappa shape index (κ3) is 4.79. The Morgan fingerprint density at radius 2 is 1.94 bits per heavy atom. The zero-order chi connectivity index (χ0) is 32.8. The SMILES string of the molecule is COc1cc(C(=O)N2[C@H]3CC[C@@H]2[C@H](N)C3)cc2nc(-c3cc4ccc([C@@H](C)NC(=O)c5cnc(C6CC6)o5)nc4n3CC3CC3)c(C)n12. The topological polar surface area (TPSA) is 146 Å². The van der Waals surface area contributed by atoms with Crippen LogP contribution in [0.3, 0.4) is 0 Å². The fourth-order valence-electron chi connectivity index (χ4n) is 7.87. The minimum Gasteiger partial charge on any atom is -0.482 e. The maximum absolute atomic E-state index is 13.8. The van der Waals surface area contributed by atoms with Gasteiger partial charge in [0.25, 0.3) is 11.8 Å². The van der Waals surface area contributed by atoms with Crippen molar-refractivity contribution >= 4 is 28.5 Å². The van der Waals surface area contributed by atoms with Gasteiger partial charge in [-0.3, -0.25) is 14.0 Å². The number of nitrogens with one attached hydrogen (secondary N) is 1. The van der Waals surface area contributed by atoms with Crippen LogP contribution in [0, 0.1) is 12.8 Å². The van der Waals surface area contributed by atoms with Crippen molar-refractivity contribution in [3.05, 3.63) is 65.1 Å². The molecule has 248 valence electrons. The van der Waals surface area contributed by atoms with Crippen molar-refractivity contribution in [2.45, 2.75) is 95.4 Å². The number of rotatable bonds is 9. The number of carbonyl (C=O) groups is 2. The Morgan fingerprint density at radius 1 is 1.10 bits per heavy atom. The standard InChI is InChI=1S/C36H40N8O4/c1-18(39-34(45)29-16-38-35(48-29)21-6-7-21)26-10-8-22-12-28(42(33(22)40-26)17-20-4-5-20)32-19(2)43-30(41-32)13-23(14-31(43)47-3)36(46)44-24-9-11-27(44)25(37)15-24/h8,10,12-14,16,18,20-21,24-25,27H,4-7,9,11,15,17,37H2,1-3H3,(H,39,45)/t18-,24+,25-,27-/m1/s1. The van der Waals surface area contributed by atoms with Gasteiger partial charge in [-0.15, -0.1) is 0 Å². The highest BCUT2D eigenvalue weighted by molar-refractivity contribution is 5.97.